The van der Waals surface area contributed by atoms with Gasteiger partial charge in [-0.2, -0.15) is 8.78 Å². The Morgan fingerprint density at radius 3 is 2.63 bits per heavy atom. The van der Waals surface area contributed by atoms with Crippen molar-refractivity contribution in [3.63, 3.8) is 0 Å². The number of alkyl halides is 2. The maximum atomic E-state index is 12.4. The lowest BCUT2D eigenvalue weighted by Crippen LogP contribution is -2.14. The molecule has 0 aliphatic rings. The van der Waals surface area contributed by atoms with Crippen molar-refractivity contribution in [3.8, 4) is 11.5 Å². The van der Waals surface area contributed by atoms with Gasteiger partial charge in [0.2, 0.25) is 0 Å². The zero-order valence-electron chi connectivity index (χ0n) is 11.0. The maximum Gasteiger partial charge on any atom is 0.387 e. The van der Waals surface area contributed by atoms with E-state index in [4.69, 9.17) is 4.74 Å². The molecule has 108 valence electrons. The molecule has 0 saturated carbocycles. The Bertz CT molecular complexity index is 402. The van der Waals surface area contributed by atoms with Crippen molar-refractivity contribution in [2.24, 2.45) is 0 Å². The van der Waals surface area contributed by atoms with Gasteiger partial charge in [0, 0.05) is 6.54 Å². The van der Waals surface area contributed by atoms with E-state index in [1.165, 1.54) is 0 Å². The van der Waals surface area contributed by atoms with Crippen LogP contribution in [-0.2, 0) is 6.54 Å². The zero-order chi connectivity index (χ0) is 14.3. The second kappa shape index (κ2) is 8.32. The normalized spacial score (nSPS) is 10.8. The molecule has 6 heteroatoms. The number of hydrogen-bond donors (Lipinski definition) is 1. The van der Waals surface area contributed by atoms with Crippen molar-refractivity contribution >= 4 is 15.9 Å². The number of rotatable bonds is 8. The van der Waals surface area contributed by atoms with Gasteiger partial charge in [0.1, 0.15) is 0 Å². The third-order valence-corrected chi connectivity index (χ3v) is 2.92. The van der Waals surface area contributed by atoms with Crippen LogP contribution >= 0.6 is 15.9 Å². The highest BCUT2D eigenvalue weighted by Crippen LogP contribution is 2.37. The molecular formula is C13H18BrF2NO2. The molecule has 3 nitrogen and oxygen atoms in total. The molecule has 0 radical (unpaired) electrons. The minimum atomic E-state index is -2.88. The van der Waals surface area contributed by atoms with Crippen molar-refractivity contribution in [1.82, 2.24) is 5.32 Å². The summed E-state index contributed by atoms with van der Waals surface area (Å²) in [5, 5.41) is 3.24. The van der Waals surface area contributed by atoms with Crippen LogP contribution in [-0.4, -0.2) is 19.8 Å². The van der Waals surface area contributed by atoms with Gasteiger partial charge in [-0.15, -0.1) is 0 Å². The second-order valence-corrected chi connectivity index (χ2v) is 4.75. The molecule has 0 saturated heterocycles. The third-order valence-electron chi connectivity index (χ3n) is 2.33. The molecule has 0 amide bonds. The van der Waals surface area contributed by atoms with Crippen LogP contribution in [0.15, 0.2) is 16.6 Å². The smallest absolute Gasteiger partial charge is 0.387 e. The lowest BCUT2D eigenvalue weighted by molar-refractivity contribution is -0.0519. The van der Waals surface area contributed by atoms with Crippen molar-refractivity contribution in [3.05, 3.63) is 22.2 Å². The van der Waals surface area contributed by atoms with E-state index in [2.05, 4.69) is 32.9 Å². The van der Waals surface area contributed by atoms with Gasteiger partial charge in [0.05, 0.1) is 11.1 Å². The molecule has 0 aliphatic carbocycles. The second-order valence-electron chi connectivity index (χ2n) is 3.89. The van der Waals surface area contributed by atoms with Gasteiger partial charge in [-0.05, 0) is 53.5 Å². The Kier molecular flexibility index (Phi) is 7.09. The van der Waals surface area contributed by atoms with E-state index in [-0.39, 0.29) is 5.75 Å². The lowest BCUT2D eigenvalue weighted by atomic mass is 10.2. The summed E-state index contributed by atoms with van der Waals surface area (Å²) in [6.07, 6.45) is 1.03. The standard InChI is InChI=1S/C13H18BrF2NO2/c1-3-5-17-8-9-6-10(14)12(19-13(15)16)11(7-9)18-4-2/h6-7,13,17H,3-5,8H2,1-2H3. The summed E-state index contributed by atoms with van der Waals surface area (Å²) in [4.78, 5) is 0. The fraction of sp³-hybridized carbons (Fsp3) is 0.538. The minimum absolute atomic E-state index is 0.0380. The highest BCUT2D eigenvalue weighted by molar-refractivity contribution is 9.10. The summed E-state index contributed by atoms with van der Waals surface area (Å²) < 4.78 is 35.0. The molecule has 19 heavy (non-hydrogen) atoms. The molecule has 1 aromatic rings. The molecule has 0 fully saturated rings. The molecule has 0 unspecified atom stereocenters. The third kappa shape index (κ3) is 5.32. The van der Waals surface area contributed by atoms with E-state index in [1.54, 1.807) is 19.1 Å². The number of hydrogen-bond acceptors (Lipinski definition) is 3. The number of benzene rings is 1. The first kappa shape index (κ1) is 16.2. The van der Waals surface area contributed by atoms with Crippen LogP contribution in [0.25, 0.3) is 0 Å². The van der Waals surface area contributed by atoms with Crippen LogP contribution in [0.4, 0.5) is 8.78 Å². The van der Waals surface area contributed by atoms with E-state index in [9.17, 15) is 8.78 Å². The van der Waals surface area contributed by atoms with Gasteiger partial charge in [0.25, 0.3) is 0 Å². The largest absolute Gasteiger partial charge is 0.490 e. The molecule has 0 aromatic heterocycles. The van der Waals surface area contributed by atoms with Crippen molar-refractivity contribution in [1.29, 1.82) is 0 Å². The average Bonchev–Trinajstić information content (AvgIpc) is 2.34. The van der Waals surface area contributed by atoms with E-state index in [0.29, 0.717) is 23.4 Å². The predicted octanol–water partition coefficient (Wildman–Crippen LogP) is 3.95. The van der Waals surface area contributed by atoms with Gasteiger partial charge in [-0.1, -0.05) is 6.92 Å². The lowest BCUT2D eigenvalue weighted by Gasteiger charge is -2.15. The van der Waals surface area contributed by atoms with Crippen LogP contribution in [0.2, 0.25) is 0 Å². The Labute approximate surface area is 120 Å². The summed E-state index contributed by atoms with van der Waals surface area (Å²) in [6, 6.07) is 3.47. The molecule has 0 atom stereocenters. The Morgan fingerprint density at radius 1 is 1.32 bits per heavy atom. The molecular weight excluding hydrogens is 320 g/mol. The van der Waals surface area contributed by atoms with Gasteiger partial charge in [0.15, 0.2) is 11.5 Å². The highest BCUT2D eigenvalue weighted by Gasteiger charge is 2.16. The Hall–Kier alpha value is -0.880. The number of halogens is 3. The SMILES string of the molecule is CCCNCc1cc(Br)c(OC(F)F)c(OCC)c1. The van der Waals surface area contributed by atoms with E-state index in [1.807, 2.05) is 0 Å². The van der Waals surface area contributed by atoms with Crippen LogP contribution in [0, 0.1) is 0 Å². The summed E-state index contributed by atoms with van der Waals surface area (Å²) >= 11 is 3.24. The monoisotopic (exact) mass is 337 g/mol. The van der Waals surface area contributed by atoms with Gasteiger partial charge in [-0.25, -0.2) is 0 Å². The number of nitrogens with one attached hydrogen (secondary N) is 1. The molecule has 0 spiro atoms. The fourth-order valence-corrected chi connectivity index (χ4v) is 2.18. The summed E-state index contributed by atoms with van der Waals surface area (Å²) in [5.41, 5.74) is 0.949. The Balaban J connectivity index is 2.92. The molecule has 1 N–H and O–H groups in total. The van der Waals surface area contributed by atoms with Gasteiger partial charge < -0.3 is 14.8 Å². The fourth-order valence-electron chi connectivity index (χ4n) is 1.60. The van der Waals surface area contributed by atoms with Crippen LogP contribution in [0.5, 0.6) is 11.5 Å². The molecule has 1 rings (SSSR count). The quantitative estimate of drug-likeness (QED) is 0.728. The summed E-state index contributed by atoms with van der Waals surface area (Å²) in [7, 11) is 0. The molecule has 1 aromatic carbocycles. The van der Waals surface area contributed by atoms with Crippen LogP contribution in [0.1, 0.15) is 25.8 Å². The minimum Gasteiger partial charge on any atom is -0.490 e. The zero-order valence-corrected chi connectivity index (χ0v) is 12.6. The first-order chi connectivity index (χ1) is 9.08. The van der Waals surface area contributed by atoms with Crippen LogP contribution < -0.4 is 14.8 Å². The van der Waals surface area contributed by atoms with E-state index in [0.717, 1.165) is 18.5 Å². The van der Waals surface area contributed by atoms with Gasteiger partial charge in [-0.3, -0.25) is 0 Å². The summed E-state index contributed by atoms with van der Waals surface area (Å²) in [5.74, 6) is 0.363. The van der Waals surface area contributed by atoms with Crippen molar-refractivity contribution in [2.75, 3.05) is 13.2 Å². The molecule has 0 heterocycles. The first-order valence-electron chi connectivity index (χ1n) is 6.19. The van der Waals surface area contributed by atoms with Crippen LogP contribution in [0.3, 0.4) is 0 Å². The predicted molar refractivity (Wildman–Crippen MR) is 73.9 cm³/mol. The van der Waals surface area contributed by atoms with Crippen molar-refractivity contribution < 1.29 is 18.3 Å². The van der Waals surface area contributed by atoms with Crippen molar-refractivity contribution in [2.45, 2.75) is 33.4 Å². The molecule has 0 aliphatic heterocycles. The van der Waals surface area contributed by atoms with Gasteiger partial charge >= 0.3 is 6.61 Å². The van der Waals surface area contributed by atoms with E-state index >= 15 is 0 Å². The highest BCUT2D eigenvalue weighted by atomic mass is 79.9. The molecule has 0 bridgehead atoms. The topological polar surface area (TPSA) is 30.5 Å². The van der Waals surface area contributed by atoms with E-state index < -0.39 is 6.61 Å². The Morgan fingerprint density at radius 2 is 2.05 bits per heavy atom. The average molecular weight is 338 g/mol. The maximum absolute atomic E-state index is 12.4. The summed E-state index contributed by atoms with van der Waals surface area (Å²) in [6.45, 7) is 2.94. The number of ether oxygens (including phenoxy) is 2. The first-order valence-corrected chi connectivity index (χ1v) is 6.98.